The predicted octanol–water partition coefficient (Wildman–Crippen LogP) is 9.20. The Morgan fingerprint density at radius 3 is 2.53 bits per heavy atom. The van der Waals surface area contributed by atoms with Gasteiger partial charge in [-0.1, -0.05) is 90.6 Å². The lowest BCUT2D eigenvalue weighted by Crippen LogP contribution is -2.12. The number of benzene rings is 3. The number of para-hydroxylation sites is 1. The van der Waals surface area contributed by atoms with Crippen LogP contribution in [-0.4, -0.2) is 35.2 Å². The van der Waals surface area contributed by atoms with E-state index in [0.29, 0.717) is 37.9 Å². The zero-order valence-electron chi connectivity index (χ0n) is 23.0. The molecule has 0 unspecified atom stereocenters. The number of pyridine rings is 1. The number of hydrogen-bond acceptors (Lipinski definition) is 6. The minimum absolute atomic E-state index is 0.179. The summed E-state index contributed by atoms with van der Waals surface area (Å²) >= 11 is 31.2. The predicted molar refractivity (Wildman–Crippen MR) is 179 cm³/mol. The van der Waals surface area contributed by atoms with Gasteiger partial charge >= 0.3 is 0 Å². The zero-order valence-corrected chi connectivity index (χ0v) is 26.8. The molecule has 6 aromatic rings. The van der Waals surface area contributed by atoms with Crippen LogP contribution in [0.3, 0.4) is 0 Å². The van der Waals surface area contributed by atoms with Gasteiger partial charge in [0.25, 0.3) is 0 Å². The zero-order chi connectivity index (χ0) is 30.2. The lowest BCUT2D eigenvalue weighted by Gasteiger charge is -2.12. The molecule has 0 aliphatic heterocycles. The average molecular weight is 670 g/mol. The van der Waals surface area contributed by atoms with E-state index in [1.165, 1.54) is 4.68 Å². The van der Waals surface area contributed by atoms with Crippen LogP contribution in [-0.2, 0) is 13.2 Å². The number of nitrogens with one attached hydrogen (secondary N) is 1. The molecule has 0 radical (unpaired) electrons. The molecule has 0 atom stereocenters. The van der Waals surface area contributed by atoms with Crippen LogP contribution in [0, 0.1) is 10.7 Å². The van der Waals surface area contributed by atoms with E-state index in [-0.39, 0.29) is 16.7 Å². The number of aromatic nitrogens is 6. The third-order valence-electron chi connectivity index (χ3n) is 6.66. The summed E-state index contributed by atoms with van der Waals surface area (Å²) in [6.45, 7) is 5.37. The minimum atomic E-state index is 0.179. The number of fused-ring (bicyclic) bond motifs is 3. The van der Waals surface area contributed by atoms with Crippen LogP contribution < -0.4 is 5.32 Å². The maximum atomic E-state index is 6.61. The summed E-state index contributed by atoms with van der Waals surface area (Å²) in [5.74, 6) is 1.42. The van der Waals surface area contributed by atoms with Gasteiger partial charge in [0.1, 0.15) is 12.2 Å². The van der Waals surface area contributed by atoms with E-state index < -0.39 is 0 Å². The summed E-state index contributed by atoms with van der Waals surface area (Å²) in [5.41, 5.74) is 3.93. The van der Waals surface area contributed by atoms with Gasteiger partial charge < -0.3 is 9.88 Å². The molecular formula is C30H24Cl4N8S. The summed E-state index contributed by atoms with van der Waals surface area (Å²) in [6, 6.07) is 18.5. The molecule has 3 aromatic carbocycles. The molecular weight excluding hydrogens is 646 g/mol. The van der Waals surface area contributed by atoms with Crippen molar-refractivity contribution in [2.75, 3.05) is 5.32 Å². The summed E-state index contributed by atoms with van der Waals surface area (Å²) < 4.78 is 5.59. The Kier molecular flexibility index (Phi) is 8.44. The molecule has 0 saturated carbocycles. The molecule has 0 saturated heterocycles. The van der Waals surface area contributed by atoms with Gasteiger partial charge in [-0.05, 0) is 54.0 Å². The first-order chi connectivity index (χ1) is 20.7. The van der Waals surface area contributed by atoms with Gasteiger partial charge in [0.05, 0.1) is 33.6 Å². The van der Waals surface area contributed by atoms with Crippen molar-refractivity contribution in [3.63, 3.8) is 0 Å². The van der Waals surface area contributed by atoms with Gasteiger partial charge in [-0.15, -0.1) is 5.10 Å². The smallest absolute Gasteiger partial charge is 0.221 e. The normalized spacial score (nSPS) is 11.9. The first kappa shape index (κ1) is 29.6. The standard InChI is InChI=1S/C30H24Cl4N8S/c1-17(2)14-40-15-35-26-27(40)21-5-3-4-6-24(21)38-28(26)36-16-41-30(43)42(37-13-18-7-9-19(31)10-8-18)29(39-41)22-11-20(32)12-23(33)25(22)34/h3-13,15,17H,14,16H2,1-2H3,(H,36,38)/b37-13+. The quantitative estimate of drug-likeness (QED) is 0.0993. The lowest BCUT2D eigenvalue weighted by atomic mass is 10.1. The molecule has 3 heterocycles. The average Bonchev–Trinajstić information content (AvgIpc) is 3.54. The molecule has 3 aromatic heterocycles. The highest BCUT2D eigenvalue weighted by Crippen LogP contribution is 2.36. The van der Waals surface area contributed by atoms with E-state index in [0.717, 1.165) is 34.0 Å². The van der Waals surface area contributed by atoms with Gasteiger partial charge in [0, 0.05) is 27.5 Å². The summed E-state index contributed by atoms with van der Waals surface area (Å²) in [5, 5.41) is 15.4. The fourth-order valence-corrected chi connectivity index (χ4v) is 5.81. The Hall–Kier alpha value is -3.47. The van der Waals surface area contributed by atoms with Crippen molar-refractivity contribution in [2.45, 2.75) is 27.1 Å². The highest BCUT2D eigenvalue weighted by Gasteiger charge is 2.19. The van der Waals surface area contributed by atoms with Gasteiger partial charge in [-0.2, -0.15) is 9.78 Å². The lowest BCUT2D eigenvalue weighted by molar-refractivity contribution is 0.533. The van der Waals surface area contributed by atoms with Crippen molar-refractivity contribution in [3.05, 3.63) is 97.4 Å². The number of rotatable bonds is 8. The van der Waals surface area contributed by atoms with Crippen molar-refractivity contribution >= 4 is 92.6 Å². The first-order valence-corrected chi connectivity index (χ1v) is 15.2. The Morgan fingerprint density at radius 2 is 1.77 bits per heavy atom. The van der Waals surface area contributed by atoms with Gasteiger partial charge in [-0.25, -0.2) is 14.6 Å². The maximum absolute atomic E-state index is 6.61. The Morgan fingerprint density at radius 1 is 1.00 bits per heavy atom. The van der Waals surface area contributed by atoms with Crippen LogP contribution >= 0.6 is 58.6 Å². The molecule has 8 nitrogen and oxygen atoms in total. The van der Waals surface area contributed by atoms with E-state index in [1.807, 2.05) is 36.7 Å². The van der Waals surface area contributed by atoms with Crippen molar-refractivity contribution in [1.29, 1.82) is 0 Å². The van der Waals surface area contributed by atoms with Crippen LogP contribution in [0.4, 0.5) is 5.82 Å². The van der Waals surface area contributed by atoms with Gasteiger partial charge in [0.2, 0.25) is 4.77 Å². The molecule has 0 spiro atoms. The van der Waals surface area contributed by atoms with Gasteiger partial charge in [0.15, 0.2) is 11.6 Å². The number of nitrogens with zero attached hydrogens (tertiary/aromatic N) is 7. The monoisotopic (exact) mass is 668 g/mol. The first-order valence-electron chi connectivity index (χ1n) is 13.3. The van der Waals surface area contributed by atoms with Crippen LogP contribution in [0.15, 0.2) is 72.1 Å². The van der Waals surface area contributed by atoms with Crippen molar-refractivity contribution in [1.82, 2.24) is 29.0 Å². The molecule has 0 fully saturated rings. The van der Waals surface area contributed by atoms with E-state index in [4.69, 9.17) is 73.7 Å². The third kappa shape index (κ3) is 6.01. The summed E-state index contributed by atoms with van der Waals surface area (Å²) in [4.78, 5) is 9.61. The second-order valence-electron chi connectivity index (χ2n) is 10.3. The van der Waals surface area contributed by atoms with Crippen LogP contribution in [0.25, 0.3) is 33.3 Å². The van der Waals surface area contributed by atoms with Crippen LogP contribution in [0.2, 0.25) is 20.1 Å². The van der Waals surface area contributed by atoms with E-state index in [1.54, 1.807) is 35.2 Å². The molecule has 43 heavy (non-hydrogen) atoms. The minimum Gasteiger partial charge on any atom is -0.349 e. The fraction of sp³-hybridized carbons (Fsp3) is 0.167. The number of halogens is 4. The number of anilines is 1. The summed E-state index contributed by atoms with van der Waals surface area (Å²) in [7, 11) is 0. The number of hydrogen-bond donors (Lipinski definition) is 1. The maximum Gasteiger partial charge on any atom is 0.221 e. The molecule has 1 N–H and O–H groups in total. The van der Waals surface area contributed by atoms with Crippen molar-refractivity contribution < 1.29 is 0 Å². The van der Waals surface area contributed by atoms with Crippen LogP contribution in [0.1, 0.15) is 19.4 Å². The highest BCUT2D eigenvalue weighted by molar-refractivity contribution is 7.71. The molecule has 0 aliphatic carbocycles. The molecule has 0 amide bonds. The van der Waals surface area contributed by atoms with E-state index in [2.05, 4.69) is 34.9 Å². The molecule has 0 aliphatic rings. The summed E-state index contributed by atoms with van der Waals surface area (Å²) in [6.07, 6.45) is 3.52. The second-order valence-corrected chi connectivity index (χ2v) is 12.3. The largest absolute Gasteiger partial charge is 0.349 e. The molecule has 0 bridgehead atoms. The van der Waals surface area contributed by atoms with Crippen molar-refractivity contribution in [2.24, 2.45) is 11.0 Å². The second kappa shape index (κ2) is 12.3. The van der Waals surface area contributed by atoms with E-state index >= 15 is 0 Å². The Labute approximate surface area is 272 Å². The third-order valence-corrected chi connectivity index (χ3v) is 8.31. The SMILES string of the molecule is CC(C)Cn1cnc2c(NCn3nc(-c4cc(Cl)cc(Cl)c4Cl)n(/N=C/c4ccc(Cl)cc4)c3=S)nc3ccccc3c21. The van der Waals surface area contributed by atoms with E-state index in [9.17, 15) is 0 Å². The molecule has 6 rings (SSSR count). The molecule has 218 valence electrons. The van der Waals surface area contributed by atoms with Crippen molar-refractivity contribution in [3.8, 4) is 11.4 Å². The highest BCUT2D eigenvalue weighted by atomic mass is 35.5. The Balaban J connectivity index is 1.43. The fourth-order valence-electron chi connectivity index (χ4n) is 4.75. The Bertz CT molecular complexity index is 2060. The topological polar surface area (TPSA) is 77.9 Å². The van der Waals surface area contributed by atoms with Crippen LogP contribution in [0.5, 0.6) is 0 Å². The van der Waals surface area contributed by atoms with Gasteiger partial charge in [-0.3, -0.25) is 0 Å². The number of imidazole rings is 1. The molecule has 13 heteroatoms.